The normalized spacial score (nSPS) is 55.7. The van der Waals surface area contributed by atoms with E-state index >= 15 is 0 Å². The van der Waals surface area contributed by atoms with Crippen molar-refractivity contribution in [1.82, 2.24) is 5.32 Å². The van der Waals surface area contributed by atoms with E-state index in [1.165, 1.54) is 38.5 Å². The van der Waals surface area contributed by atoms with Crippen molar-refractivity contribution in [2.75, 3.05) is 0 Å². The van der Waals surface area contributed by atoms with E-state index in [-0.39, 0.29) is 0 Å². The highest BCUT2D eigenvalue weighted by Gasteiger charge is 2.45. The van der Waals surface area contributed by atoms with Gasteiger partial charge < -0.3 is 5.32 Å². The van der Waals surface area contributed by atoms with Gasteiger partial charge in [0, 0.05) is 12.1 Å². The molecule has 0 aromatic rings. The summed E-state index contributed by atoms with van der Waals surface area (Å²) in [5.74, 6) is 4.05. The Labute approximate surface area is 92.3 Å². The Kier molecular flexibility index (Phi) is 1.82. The van der Waals surface area contributed by atoms with E-state index in [0.717, 1.165) is 35.8 Å². The fourth-order valence-corrected chi connectivity index (χ4v) is 4.63. The van der Waals surface area contributed by atoms with Crippen LogP contribution in [0.3, 0.4) is 0 Å². The first-order valence-corrected chi connectivity index (χ1v) is 6.83. The highest BCUT2D eigenvalue weighted by atomic mass is 15.0. The van der Waals surface area contributed by atoms with Crippen molar-refractivity contribution in [2.24, 2.45) is 23.7 Å². The largest absolute Gasteiger partial charge is 0.310 e. The molecule has 82 valence electrons. The van der Waals surface area contributed by atoms with Gasteiger partial charge >= 0.3 is 0 Å². The molecular formula is C14H21N. The molecule has 2 bridgehead atoms. The molecule has 0 saturated heterocycles. The minimum absolute atomic E-state index is 0.845. The number of hydrogen-bond acceptors (Lipinski definition) is 1. The van der Waals surface area contributed by atoms with Gasteiger partial charge in [0.25, 0.3) is 0 Å². The summed E-state index contributed by atoms with van der Waals surface area (Å²) < 4.78 is 0. The summed E-state index contributed by atoms with van der Waals surface area (Å²) in [5.41, 5.74) is 0. The summed E-state index contributed by atoms with van der Waals surface area (Å²) in [5, 5.41) is 3.97. The lowest BCUT2D eigenvalue weighted by molar-refractivity contribution is 0.136. The highest BCUT2D eigenvalue weighted by Crippen LogP contribution is 2.47. The standard InChI is InChI=1S/C14H21N/c1-2-10-8-14(12(10)3-1)15-13-7-9-4-5-11(13)6-9/h1,3,9-15H,2,4-8H2. The Morgan fingerprint density at radius 2 is 1.93 bits per heavy atom. The fraction of sp³-hybridized carbons (Fsp3) is 0.857. The van der Waals surface area contributed by atoms with Crippen molar-refractivity contribution < 1.29 is 0 Å². The lowest BCUT2D eigenvalue weighted by atomic mass is 9.70. The van der Waals surface area contributed by atoms with Crippen molar-refractivity contribution in [2.45, 2.75) is 50.6 Å². The molecule has 0 amide bonds. The van der Waals surface area contributed by atoms with E-state index in [9.17, 15) is 0 Å². The van der Waals surface area contributed by atoms with Gasteiger partial charge in [-0.2, -0.15) is 0 Å². The van der Waals surface area contributed by atoms with Gasteiger partial charge in [-0.15, -0.1) is 0 Å². The molecule has 1 N–H and O–H groups in total. The zero-order valence-electron chi connectivity index (χ0n) is 9.36. The molecule has 0 aromatic carbocycles. The maximum Gasteiger partial charge on any atom is 0.0138 e. The molecular weight excluding hydrogens is 182 g/mol. The fourth-order valence-electron chi connectivity index (χ4n) is 4.63. The van der Waals surface area contributed by atoms with E-state index in [1.807, 2.05) is 0 Å². The van der Waals surface area contributed by atoms with Crippen LogP contribution in [-0.2, 0) is 0 Å². The molecule has 4 aliphatic rings. The van der Waals surface area contributed by atoms with E-state index < -0.39 is 0 Å². The summed E-state index contributed by atoms with van der Waals surface area (Å²) >= 11 is 0. The molecule has 3 saturated carbocycles. The molecule has 15 heavy (non-hydrogen) atoms. The molecule has 0 aliphatic heterocycles. The van der Waals surface area contributed by atoms with Gasteiger partial charge in [0.1, 0.15) is 0 Å². The second-order valence-corrected chi connectivity index (χ2v) is 6.29. The molecule has 0 heterocycles. The lowest BCUT2D eigenvalue weighted by Crippen LogP contribution is -2.53. The first-order chi connectivity index (χ1) is 7.40. The quantitative estimate of drug-likeness (QED) is 0.680. The van der Waals surface area contributed by atoms with Gasteiger partial charge in [0.2, 0.25) is 0 Å². The Bertz CT molecular complexity index is 296. The van der Waals surface area contributed by atoms with E-state index in [2.05, 4.69) is 17.5 Å². The van der Waals surface area contributed by atoms with E-state index in [4.69, 9.17) is 0 Å². The lowest BCUT2D eigenvalue weighted by Gasteiger charge is -2.43. The second-order valence-electron chi connectivity index (χ2n) is 6.29. The number of nitrogens with one attached hydrogen (secondary N) is 1. The van der Waals surface area contributed by atoms with Crippen molar-refractivity contribution in [3.63, 3.8) is 0 Å². The van der Waals surface area contributed by atoms with Crippen molar-refractivity contribution >= 4 is 0 Å². The van der Waals surface area contributed by atoms with Gasteiger partial charge in [-0.1, -0.05) is 18.6 Å². The summed E-state index contributed by atoms with van der Waals surface area (Å²) in [4.78, 5) is 0. The zero-order chi connectivity index (χ0) is 9.83. The molecule has 0 aromatic heterocycles. The molecule has 0 radical (unpaired) electrons. The molecule has 4 aliphatic carbocycles. The van der Waals surface area contributed by atoms with Crippen molar-refractivity contribution in [1.29, 1.82) is 0 Å². The number of fused-ring (bicyclic) bond motifs is 3. The highest BCUT2D eigenvalue weighted by molar-refractivity contribution is 5.14. The van der Waals surface area contributed by atoms with Crippen LogP contribution < -0.4 is 5.32 Å². The SMILES string of the molecule is C1=CC2C(C1)CC2NC1CC2CCC1C2. The third-order valence-electron chi connectivity index (χ3n) is 5.53. The first kappa shape index (κ1) is 8.81. The van der Waals surface area contributed by atoms with Gasteiger partial charge in [0.15, 0.2) is 0 Å². The zero-order valence-corrected chi connectivity index (χ0v) is 9.36. The first-order valence-electron chi connectivity index (χ1n) is 6.83. The van der Waals surface area contributed by atoms with Crippen LogP contribution in [0.5, 0.6) is 0 Å². The topological polar surface area (TPSA) is 12.0 Å². The Hall–Kier alpha value is -0.300. The Morgan fingerprint density at radius 3 is 2.67 bits per heavy atom. The number of allylic oxidation sites excluding steroid dienone is 1. The summed E-state index contributed by atoms with van der Waals surface area (Å²) in [6.45, 7) is 0. The molecule has 3 fully saturated rings. The predicted molar refractivity (Wildman–Crippen MR) is 61.5 cm³/mol. The number of rotatable bonds is 2. The average Bonchev–Trinajstić information content (AvgIpc) is 2.88. The maximum absolute atomic E-state index is 3.97. The van der Waals surface area contributed by atoms with Crippen molar-refractivity contribution in [3.8, 4) is 0 Å². The predicted octanol–water partition coefficient (Wildman–Crippen LogP) is 2.73. The van der Waals surface area contributed by atoms with Crippen LogP contribution >= 0.6 is 0 Å². The van der Waals surface area contributed by atoms with Crippen LogP contribution in [0.1, 0.15) is 38.5 Å². The average molecular weight is 203 g/mol. The summed E-state index contributed by atoms with van der Waals surface area (Å²) in [6.07, 6.45) is 13.7. The van der Waals surface area contributed by atoms with Crippen molar-refractivity contribution in [3.05, 3.63) is 12.2 Å². The van der Waals surface area contributed by atoms with Crippen LogP contribution in [0.2, 0.25) is 0 Å². The van der Waals surface area contributed by atoms with E-state index in [1.54, 1.807) is 0 Å². The van der Waals surface area contributed by atoms with E-state index in [0.29, 0.717) is 0 Å². The Morgan fingerprint density at radius 1 is 0.933 bits per heavy atom. The number of hydrogen-bond donors (Lipinski definition) is 1. The van der Waals surface area contributed by atoms with Crippen LogP contribution in [0.4, 0.5) is 0 Å². The minimum atomic E-state index is 0.845. The molecule has 0 spiro atoms. The van der Waals surface area contributed by atoms with Crippen LogP contribution in [0, 0.1) is 23.7 Å². The maximum atomic E-state index is 3.97. The summed E-state index contributed by atoms with van der Waals surface area (Å²) in [7, 11) is 0. The molecule has 4 rings (SSSR count). The molecule has 6 unspecified atom stereocenters. The second kappa shape index (κ2) is 3.10. The third-order valence-corrected chi connectivity index (χ3v) is 5.53. The van der Waals surface area contributed by atoms with Gasteiger partial charge in [0.05, 0.1) is 0 Å². The third kappa shape index (κ3) is 1.25. The molecule has 6 atom stereocenters. The monoisotopic (exact) mass is 203 g/mol. The van der Waals surface area contributed by atoms with Crippen LogP contribution in [0.25, 0.3) is 0 Å². The van der Waals surface area contributed by atoms with Crippen LogP contribution in [-0.4, -0.2) is 12.1 Å². The summed E-state index contributed by atoms with van der Waals surface area (Å²) in [6, 6.07) is 1.74. The van der Waals surface area contributed by atoms with Crippen LogP contribution in [0.15, 0.2) is 12.2 Å². The molecule has 1 heteroatoms. The van der Waals surface area contributed by atoms with Gasteiger partial charge in [-0.25, -0.2) is 0 Å². The molecule has 1 nitrogen and oxygen atoms in total. The van der Waals surface area contributed by atoms with Gasteiger partial charge in [-0.05, 0) is 55.8 Å². The van der Waals surface area contributed by atoms with Gasteiger partial charge in [-0.3, -0.25) is 0 Å². The minimum Gasteiger partial charge on any atom is -0.310 e. The smallest absolute Gasteiger partial charge is 0.0138 e. The Balaban J connectivity index is 1.39.